The number of nitrogens with zero attached hydrogens (tertiary/aromatic N) is 4. The van der Waals surface area contributed by atoms with Crippen LogP contribution in [0, 0.1) is 31.9 Å². The van der Waals surface area contributed by atoms with E-state index in [2.05, 4.69) is 137 Å². The van der Waals surface area contributed by atoms with Gasteiger partial charge < -0.3 is 9.30 Å². The van der Waals surface area contributed by atoms with Crippen LogP contribution < -0.4 is 4.74 Å². The molecule has 2 atom stereocenters. The fourth-order valence-corrected chi connectivity index (χ4v) is 7.43. The number of hydrogen-bond acceptors (Lipinski definition) is 3. The Kier molecular flexibility index (Phi) is 9.55. The van der Waals surface area contributed by atoms with E-state index in [4.69, 9.17) is 14.8 Å². The first-order valence-corrected chi connectivity index (χ1v) is 17.0. The maximum Gasteiger partial charge on any atom is 2.00 e. The number of aryl methyl sites for hydroxylation is 1. The predicted molar refractivity (Wildman–Crippen MR) is 192 cm³/mol. The van der Waals surface area contributed by atoms with E-state index in [1.807, 2.05) is 12.3 Å². The molecule has 0 aliphatic heterocycles. The van der Waals surface area contributed by atoms with Gasteiger partial charge in [-0.1, -0.05) is 70.0 Å². The molecule has 6 heteroatoms. The number of rotatable bonds is 7. The number of pyridine rings is 1. The smallest absolute Gasteiger partial charge is 0.509 e. The van der Waals surface area contributed by atoms with Gasteiger partial charge in [0.05, 0.1) is 5.69 Å². The Morgan fingerprint density at radius 1 is 0.854 bits per heavy atom. The topological polar surface area (TPSA) is 44.9 Å². The second-order valence-corrected chi connectivity index (χ2v) is 13.9. The van der Waals surface area contributed by atoms with E-state index in [1.165, 1.54) is 34.4 Å². The molecule has 7 rings (SSSR count). The first kappa shape index (κ1) is 33.9. The Bertz CT molecular complexity index is 2150. The average molecular weight is 816 g/mol. The minimum atomic E-state index is 0. The van der Waals surface area contributed by atoms with Crippen molar-refractivity contribution in [3.63, 3.8) is 0 Å². The van der Waals surface area contributed by atoms with Crippen LogP contribution in [-0.2, 0) is 21.1 Å². The molecule has 0 saturated heterocycles. The Hall–Kier alpha value is -3.95. The zero-order valence-corrected chi connectivity index (χ0v) is 31.4. The zero-order valence-electron chi connectivity index (χ0n) is 29.2. The summed E-state index contributed by atoms with van der Waals surface area (Å²) < 4.78 is 10.9. The number of fused-ring (bicyclic) bond motifs is 3. The van der Waals surface area contributed by atoms with E-state index in [1.54, 1.807) is 0 Å². The standard InChI is InChI=1S/C42H44N4O.Pt/c1-25(2)31-18-19-43-40(22-31)45-38-15-10-9-14-36(38)37-17-16-34(24-39(37)45)47-35-21-32(26(3)4)20-33(23-35)46-30(8)42(29(7)44-46)41-27(5)12-11-13-28(41)6;/h9-10,12,14-22,25-26,28,41H,11,13H2,1-8H3;/q-2;+2/t28-,41?;/m0./s1. The van der Waals surface area contributed by atoms with Gasteiger partial charge in [0.2, 0.25) is 0 Å². The Balaban J connectivity index is 0.00000401. The van der Waals surface area contributed by atoms with Crippen LogP contribution >= 0.6 is 0 Å². The van der Waals surface area contributed by atoms with Crippen LogP contribution in [0.5, 0.6) is 11.5 Å². The average Bonchev–Trinajstić information content (AvgIpc) is 3.53. The summed E-state index contributed by atoms with van der Waals surface area (Å²) in [6.45, 7) is 17.8. The SMILES string of the molecule is CC1=CCC[C@H](C)C1c1c(C)nn(-c2[c-]c(Oc3[c-]c4c(cc3)c3ccccc3n4-c3cc(C(C)C)ccn3)cc(C(C)C)c2)c1C.[Pt+2]. The Morgan fingerprint density at radius 3 is 2.38 bits per heavy atom. The van der Waals surface area contributed by atoms with Crippen LogP contribution in [0.1, 0.15) is 100 Å². The summed E-state index contributed by atoms with van der Waals surface area (Å²) in [5, 5.41) is 7.36. The summed E-state index contributed by atoms with van der Waals surface area (Å²) in [5.74, 6) is 3.85. The molecule has 1 aliphatic rings. The molecule has 248 valence electrons. The molecule has 0 N–H and O–H groups in total. The van der Waals surface area contributed by atoms with Crippen molar-refractivity contribution < 1.29 is 25.8 Å². The van der Waals surface area contributed by atoms with Crippen molar-refractivity contribution in [2.75, 3.05) is 0 Å². The molecule has 1 aliphatic carbocycles. The van der Waals surface area contributed by atoms with Gasteiger partial charge in [0, 0.05) is 40.4 Å². The normalized spacial score (nSPS) is 16.5. The van der Waals surface area contributed by atoms with Crippen molar-refractivity contribution in [1.82, 2.24) is 19.3 Å². The molecule has 0 radical (unpaired) electrons. The third kappa shape index (κ3) is 6.07. The van der Waals surface area contributed by atoms with Crippen LogP contribution in [0.4, 0.5) is 0 Å². The van der Waals surface area contributed by atoms with Gasteiger partial charge in [-0.15, -0.1) is 41.3 Å². The summed E-state index contributed by atoms with van der Waals surface area (Å²) in [6, 6.07) is 28.4. The van der Waals surface area contributed by atoms with Crippen LogP contribution in [0.15, 0.2) is 78.5 Å². The van der Waals surface area contributed by atoms with E-state index in [0.717, 1.165) is 45.4 Å². The molecular weight excluding hydrogens is 772 g/mol. The molecule has 0 bridgehead atoms. The maximum atomic E-state index is 6.62. The largest absolute Gasteiger partial charge is 2.00 e. The fraction of sp³-hybridized carbons (Fsp3) is 0.333. The van der Waals surface area contributed by atoms with Crippen LogP contribution in [0.2, 0.25) is 0 Å². The molecule has 0 fully saturated rings. The van der Waals surface area contributed by atoms with Gasteiger partial charge in [-0.3, -0.25) is 4.68 Å². The second kappa shape index (κ2) is 13.5. The molecular formula is C42H44N4OPt. The van der Waals surface area contributed by atoms with Gasteiger partial charge in [0.15, 0.2) is 0 Å². The van der Waals surface area contributed by atoms with Crippen LogP contribution in [0.3, 0.4) is 0 Å². The van der Waals surface area contributed by atoms with Crippen molar-refractivity contribution in [1.29, 1.82) is 0 Å². The van der Waals surface area contributed by atoms with Gasteiger partial charge in [-0.2, -0.15) is 11.2 Å². The third-order valence-electron chi connectivity index (χ3n) is 10.00. The molecule has 3 aromatic heterocycles. The van der Waals surface area contributed by atoms with Crippen molar-refractivity contribution >= 4 is 21.8 Å². The number of benzene rings is 3. The van der Waals surface area contributed by atoms with Crippen LogP contribution in [0.25, 0.3) is 33.3 Å². The van der Waals surface area contributed by atoms with E-state index in [9.17, 15) is 0 Å². The van der Waals surface area contributed by atoms with Gasteiger partial charge >= 0.3 is 21.1 Å². The summed E-state index contributed by atoms with van der Waals surface area (Å²) in [4.78, 5) is 4.80. The molecule has 48 heavy (non-hydrogen) atoms. The number of hydrogen-bond donors (Lipinski definition) is 0. The summed E-state index contributed by atoms with van der Waals surface area (Å²) in [7, 11) is 0. The number of allylic oxidation sites excluding steroid dienone is 2. The maximum absolute atomic E-state index is 6.62. The van der Waals surface area contributed by atoms with Gasteiger partial charge in [0.25, 0.3) is 0 Å². The van der Waals surface area contributed by atoms with Crippen molar-refractivity contribution in [2.45, 2.75) is 86.0 Å². The first-order chi connectivity index (χ1) is 22.6. The van der Waals surface area contributed by atoms with E-state index < -0.39 is 0 Å². The summed E-state index contributed by atoms with van der Waals surface area (Å²) >= 11 is 0. The summed E-state index contributed by atoms with van der Waals surface area (Å²) in [5.41, 5.74) is 10.4. The Morgan fingerprint density at radius 2 is 1.62 bits per heavy atom. The van der Waals surface area contributed by atoms with Crippen molar-refractivity contribution in [3.8, 4) is 23.0 Å². The number of aromatic nitrogens is 4. The molecule has 0 spiro atoms. The van der Waals surface area contributed by atoms with Gasteiger partial charge in [-0.25, -0.2) is 4.98 Å². The van der Waals surface area contributed by atoms with E-state index in [-0.39, 0.29) is 21.1 Å². The second-order valence-electron chi connectivity index (χ2n) is 13.9. The van der Waals surface area contributed by atoms with Crippen molar-refractivity contribution in [3.05, 3.63) is 119 Å². The molecule has 5 nitrogen and oxygen atoms in total. The van der Waals surface area contributed by atoms with E-state index >= 15 is 0 Å². The summed E-state index contributed by atoms with van der Waals surface area (Å²) in [6.07, 6.45) is 6.67. The molecule has 3 heterocycles. The monoisotopic (exact) mass is 815 g/mol. The van der Waals surface area contributed by atoms with Gasteiger partial charge in [-0.05, 0) is 86.2 Å². The molecule has 3 aromatic carbocycles. The first-order valence-electron chi connectivity index (χ1n) is 17.0. The van der Waals surface area contributed by atoms with Gasteiger partial charge in [0.1, 0.15) is 5.82 Å². The zero-order chi connectivity index (χ0) is 33.0. The minimum Gasteiger partial charge on any atom is -0.509 e. The van der Waals surface area contributed by atoms with Crippen LogP contribution in [-0.4, -0.2) is 19.3 Å². The van der Waals surface area contributed by atoms with E-state index in [0.29, 0.717) is 35.2 Å². The molecule has 0 saturated carbocycles. The molecule has 6 aromatic rings. The minimum absolute atomic E-state index is 0. The predicted octanol–water partition coefficient (Wildman–Crippen LogP) is 11.1. The quantitative estimate of drug-likeness (QED) is 0.119. The number of ether oxygens (including phenoxy) is 1. The third-order valence-corrected chi connectivity index (χ3v) is 10.00. The fourth-order valence-electron chi connectivity index (χ4n) is 7.43. The number of para-hydroxylation sites is 1. The molecule has 1 unspecified atom stereocenters. The van der Waals surface area contributed by atoms with Crippen molar-refractivity contribution in [2.24, 2.45) is 5.92 Å². The molecule has 0 amide bonds. The Labute approximate surface area is 299 Å².